The second-order valence-electron chi connectivity index (χ2n) is 5.27. The van der Waals surface area contributed by atoms with Crippen LogP contribution in [0.3, 0.4) is 0 Å². The summed E-state index contributed by atoms with van der Waals surface area (Å²) in [5.41, 5.74) is 4.80. The van der Waals surface area contributed by atoms with Gasteiger partial charge in [0.25, 0.3) is 0 Å². The Morgan fingerprint density at radius 3 is 2.79 bits per heavy atom. The molecule has 1 aliphatic carbocycles. The predicted octanol–water partition coefficient (Wildman–Crippen LogP) is 2.95. The van der Waals surface area contributed by atoms with Crippen LogP contribution in [0.1, 0.15) is 41.3 Å². The van der Waals surface area contributed by atoms with Gasteiger partial charge in [-0.3, -0.25) is 9.97 Å². The van der Waals surface area contributed by atoms with Crippen molar-refractivity contribution in [1.82, 2.24) is 15.3 Å². The highest BCUT2D eigenvalue weighted by atomic mass is 14.9. The first-order valence-electron chi connectivity index (χ1n) is 6.88. The molecule has 98 valence electrons. The van der Waals surface area contributed by atoms with Crippen LogP contribution >= 0.6 is 0 Å². The molecule has 0 saturated heterocycles. The molecule has 1 fully saturated rings. The van der Waals surface area contributed by atoms with E-state index < -0.39 is 0 Å². The Hall–Kier alpha value is -1.74. The molecule has 1 aromatic heterocycles. The van der Waals surface area contributed by atoms with Crippen molar-refractivity contribution in [2.24, 2.45) is 0 Å². The summed E-state index contributed by atoms with van der Waals surface area (Å²) >= 11 is 0. The first-order chi connectivity index (χ1) is 9.31. The summed E-state index contributed by atoms with van der Waals surface area (Å²) in [7, 11) is 0. The van der Waals surface area contributed by atoms with Gasteiger partial charge in [-0.05, 0) is 36.8 Å². The van der Waals surface area contributed by atoms with Gasteiger partial charge in [-0.25, -0.2) is 0 Å². The molecule has 2 aromatic rings. The Morgan fingerprint density at radius 1 is 1.16 bits per heavy atom. The summed E-state index contributed by atoms with van der Waals surface area (Å²) in [6, 6.07) is 8.91. The highest BCUT2D eigenvalue weighted by Gasteiger charge is 2.23. The number of nitrogens with one attached hydrogen (secondary N) is 1. The molecule has 0 atom stereocenters. The molecular weight excluding hydrogens is 234 g/mol. The van der Waals surface area contributed by atoms with Gasteiger partial charge in [0.05, 0.1) is 11.4 Å². The average Bonchev–Trinajstić information content (AvgIpc) is 3.26. The molecule has 3 nitrogen and oxygen atoms in total. The molecule has 0 spiro atoms. The Morgan fingerprint density at radius 2 is 2.05 bits per heavy atom. The van der Waals surface area contributed by atoms with E-state index >= 15 is 0 Å². The molecule has 1 saturated carbocycles. The zero-order chi connectivity index (χ0) is 13.1. The summed E-state index contributed by atoms with van der Waals surface area (Å²) in [6.07, 6.45) is 6.36. The minimum atomic E-state index is 0.765. The lowest BCUT2D eigenvalue weighted by atomic mass is 10.1. The van der Waals surface area contributed by atoms with Crippen LogP contribution < -0.4 is 5.32 Å². The van der Waals surface area contributed by atoms with Crippen LogP contribution in [-0.2, 0) is 13.1 Å². The number of hydrogen-bond donors (Lipinski definition) is 1. The fourth-order valence-electron chi connectivity index (χ4n) is 2.22. The molecule has 19 heavy (non-hydrogen) atoms. The highest BCUT2D eigenvalue weighted by Crippen LogP contribution is 2.40. The van der Waals surface area contributed by atoms with E-state index in [9.17, 15) is 0 Å². The molecule has 1 N–H and O–H groups in total. The second-order valence-corrected chi connectivity index (χ2v) is 5.27. The van der Waals surface area contributed by atoms with Crippen LogP contribution in [0, 0.1) is 6.92 Å². The predicted molar refractivity (Wildman–Crippen MR) is 75.7 cm³/mol. The lowest BCUT2D eigenvalue weighted by Gasteiger charge is -2.06. The standard InChI is InChI=1S/C16H19N3/c1-12-8-19-16(11-18-12)10-17-9-13-3-2-4-15(7-13)14-5-6-14/h2-4,7-8,11,14,17H,5-6,9-10H2,1H3. The number of hydrogen-bond acceptors (Lipinski definition) is 3. The van der Waals surface area contributed by atoms with E-state index in [2.05, 4.69) is 39.6 Å². The number of aromatic nitrogens is 2. The molecule has 1 aromatic carbocycles. The summed E-state index contributed by atoms with van der Waals surface area (Å²) in [5, 5.41) is 3.42. The number of rotatable bonds is 5. The fraction of sp³-hybridized carbons (Fsp3) is 0.375. The average molecular weight is 253 g/mol. The first-order valence-corrected chi connectivity index (χ1v) is 6.88. The van der Waals surface area contributed by atoms with E-state index in [-0.39, 0.29) is 0 Å². The van der Waals surface area contributed by atoms with Crippen molar-refractivity contribution in [3.05, 3.63) is 59.2 Å². The maximum Gasteiger partial charge on any atom is 0.0724 e. The van der Waals surface area contributed by atoms with E-state index in [1.54, 1.807) is 0 Å². The molecule has 0 bridgehead atoms. The highest BCUT2D eigenvalue weighted by molar-refractivity contribution is 5.29. The lowest BCUT2D eigenvalue weighted by molar-refractivity contribution is 0.675. The molecular formula is C16H19N3. The normalized spacial score (nSPS) is 14.6. The molecule has 1 heterocycles. The van der Waals surface area contributed by atoms with Gasteiger partial charge in [-0.15, -0.1) is 0 Å². The molecule has 3 rings (SSSR count). The van der Waals surface area contributed by atoms with Crippen molar-refractivity contribution in [3.63, 3.8) is 0 Å². The zero-order valence-electron chi connectivity index (χ0n) is 11.3. The van der Waals surface area contributed by atoms with Gasteiger partial charge in [-0.1, -0.05) is 24.3 Å². The molecule has 0 amide bonds. The summed E-state index contributed by atoms with van der Waals surface area (Å²) in [6.45, 7) is 3.60. The van der Waals surface area contributed by atoms with Crippen LogP contribution in [0.5, 0.6) is 0 Å². The van der Waals surface area contributed by atoms with E-state index in [1.165, 1.54) is 24.0 Å². The largest absolute Gasteiger partial charge is 0.307 e. The summed E-state index contributed by atoms with van der Waals surface area (Å²) in [5.74, 6) is 0.822. The topological polar surface area (TPSA) is 37.8 Å². The van der Waals surface area contributed by atoms with Crippen molar-refractivity contribution in [1.29, 1.82) is 0 Å². The van der Waals surface area contributed by atoms with Crippen LogP contribution in [-0.4, -0.2) is 9.97 Å². The second kappa shape index (κ2) is 5.49. The lowest BCUT2D eigenvalue weighted by Crippen LogP contribution is -2.14. The maximum absolute atomic E-state index is 4.34. The van der Waals surface area contributed by atoms with Gasteiger partial charge >= 0.3 is 0 Å². The van der Waals surface area contributed by atoms with Gasteiger partial charge in [-0.2, -0.15) is 0 Å². The van der Waals surface area contributed by atoms with Crippen LogP contribution in [0.4, 0.5) is 0 Å². The third kappa shape index (κ3) is 3.38. The van der Waals surface area contributed by atoms with Crippen molar-refractivity contribution in [2.45, 2.75) is 38.8 Å². The molecule has 0 radical (unpaired) electrons. The third-order valence-electron chi connectivity index (χ3n) is 3.47. The van der Waals surface area contributed by atoms with Gasteiger partial charge in [0.15, 0.2) is 0 Å². The van der Waals surface area contributed by atoms with Gasteiger partial charge in [0.1, 0.15) is 0 Å². The summed E-state index contributed by atoms with van der Waals surface area (Å²) < 4.78 is 0. The fourth-order valence-corrected chi connectivity index (χ4v) is 2.22. The number of aryl methyl sites for hydroxylation is 1. The SMILES string of the molecule is Cc1cnc(CNCc2cccc(C3CC3)c2)cn1. The third-order valence-corrected chi connectivity index (χ3v) is 3.47. The van der Waals surface area contributed by atoms with Crippen LogP contribution in [0.15, 0.2) is 36.7 Å². The van der Waals surface area contributed by atoms with Crippen LogP contribution in [0.2, 0.25) is 0 Å². The van der Waals surface area contributed by atoms with E-state index in [0.29, 0.717) is 0 Å². The Balaban J connectivity index is 1.54. The smallest absolute Gasteiger partial charge is 0.0724 e. The minimum Gasteiger partial charge on any atom is -0.307 e. The Bertz CT molecular complexity index is 544. The molecule has 0 unspecified atom stereocenters. The van der Waals surface area contributed by atoms with Gasteiger partial charge < -0.3 is 5.32 Å². The van der Waals surface area contributed by atoms with Crippen molar-refractivity contribution in [3.8, 4) is 0 Å². The van der Waals surface area contributed by atoms with E-state index in [4.69, 9.17) is 0 Å². The van der Waals surface area contributed by atoms with E-state index in [1.807, 2.05) is 19.3 Å². The van der Waals surface area contributed by atoms with E-state index in [0.717, 1.165) is 30.4 Å². The summed E-state index contributed by atoms with van der Waals surface area (Å²) in [4.78, 5) is 8.59. The van der Waals surface area contributed by atoms with Gasteiger partial charge in [0, 0.05) is 25.5 Å². The monoisotopic (exact) mass is 253 g/mol. The van der Waals surface area contributed by atoms with Crippen LogP contribution in [0.25, 0.3) is 0 Å². The number of benzene rings is 1. The Kier molecular flexibility index (Phi) is 3.56. The van der Waals surface area contributed by atoms with Gasteiger partial charge in [0.2, 0.25) is 0 Å². The number of nitrogens with zero attached hydrogens (tertiary/aromatic N) is 2. The van der Waals surface area contributed by atoms with Crippen molar-refractivity contribution in [2.75, 3.05) is 0 Å². The first kappa shape index (κ1) is 12.3. The molecule has 3 heteroatoms. The quantitative estimate of drug-likeness (QED) is 0.890. The minimum absolute atomic E-state index is 0.765. The Labute approximate surface area is 114 Å². The van der Waals surface area contributed by atoms with Crippen molar-refractivity contribution < 1.29 is 0 Å². The van der Waals surface area contributed by atoms with Crippen molar-refractivity contribution >= 4 is 0 Å². The molecule has 1 aliphatic rings. The molecule has 0 aliphatic heterocycles. The maximum atomic E-state index is 4.34. The zero-order valence-corrected chi connectivity index (χ0v) is 11.3.